The molecular weight excluding hydrogens is 434 g/mol. The molecule has 1 aliphatic carbocycles. The van der Waals surface area contributed by atoms with E-state index >= 15 is 0 Å². The van der Waals surface area contributed by atoms with E-state index in [1.807, 2.05) is 6.08 Å². The van der Waals surface area contributed by atoms with Crippen molar-refractivity contribution >= 4 is 17.5 Å². The summed E-state index contributed by atoms with van der Waals surface area (Å²) in [5.41, 5.74) is 13.5. The maximum atomic E-state index is 4.07. The average molecular weight is 464 g/mol. The van der Waals surface area contributed by atoms with Crippen LogP contribution < -0.4 is 5.32 Å². The molecule has 5 aromatic rings. The van der Waals surface area contributed by atoms with E-state index in [1.165, 1.54) is 44.5 Å². The number of hydrogen-bond donors (Lipinski definition) is 1. The van der Waals surface area contributed by atoms with E-state index in [4.69, 9.17) is 0 Å². The van der Waals surface area contributed by atoms with Crippen molar-refractivity contribution in [1.29, 1.82) is 0 Å². The number of fused-ring (bicyclic) bond motifs is 3. The lowest BCUT2D eigenvalue weighted by atomic mass is 9.78. The largest absolute Gasteiger partial charge is 0.355 e. The predicted molar refractivity (Wildman–Crippen MR) is 155 cm³/mol. The van der Waals surface area contributed by atoms with Crippen LogP contribution in [0.3, 0.4) is 0 Å². The van der Waals surface area contributed by atoms with E-state index < -0.39 is 0 Å². The number of nitrogens with one attached hydrogen (secondary N) is 1. The van der Waals surface area contributed by atoms with Crippen molar-refractivity contribution in [1.82, 2.24) is 0 Å². The van der Waals surface area contributed by atoms with E-state index in [0.29, 0.717) is 0 Å². The lowest BCUT2D eigenvalue weighted by Gasteiger charge is -2.25. The van der Waals surface area contributed by atoms with Gasteiger partial charge in [0.05, 0.1) is 0 Å². The molecule has 0 amide bonds. The van der Waals surface area contributed by atoms with Gasteiger partial charge < -0.3 is 5.32 Å². The summed E-state index contributed by atoms with van der Waals surface area (Å²) in [5, 5.41) is 3.72. The van der Waals surface area contributed by atoms with Crippen LogP contribution in [0.5, 0.6) is 0 Å². The summed E-state index contributed by atoms with van der Waals surface area (Å²) in [6.07, 6.45) is 1.95. The summed E-state index contributed by atoms with van der Waals surface area (Å²) < 4.78 is 0. The second-order valence-electron chi connectivity index (χ2n) is 9.98. The monoisotopic (exact) mass is 463 g/mol. The van der Waals surface area contributed by atoms with Crippen molar-refractivity contribution in [2.24, 2.45) is 0 Å². The van der Waals surface area contributed by atoms with Gasteiger partial charge >= 0.3 is 0 Å². The SMILES string of the molecule is C=Cc1cc(-c2ccccc2)c2c(c1)-c1ccc(Nc3ccccc3-c3ccccc3)cc1C2(C)C. The van der Waals surface area contributed by atoms with Crippen LogP contribution >= 0.6 is 0 Å². The molecule has 0 spiro atoms. The molecule has 0 aromatic heterocycles. The van der Waals surface area contributed by atoms with Crippen LogP contribution in [0.25, 0.3) is 39.5 Å². The minimum Gasteiger partial charge on any atom is -0.355 e. The smallest absolute Gasteiger partial charge is 0.0463 e. The highest BCUT2D eigenvalue weighted by Crippen LogP contribution is 2.53. The van der Waals surface area contributed by atoms with Gasteiger partial charge in [0, 0.05) is 22.4 Å². The Kier molecular flexibility index (Phi) is 5.34. The van der Waals surface area contributed by atoms with Crippen LogP contribution in [-0.4, -0.2) is 0 Å². The summed E-state index contributed by atoms with van der Waals surface area (Å²) in [6, 6.07) is 41.2. The molecule has 36 heavy (non-hydrogen) atoms. The normalized spacial score (nSPS) is 13.1. The molecule has 0 heterocycles. The Balaban J connectivity index is 1.46. The minimum atomic E-state index is -0.133. The van der Waals surface area contributed by atoms with Gasteiger partial charge in [0.25, 0.3) is 0 Å². The Hall–Kier alpha value is -4.36. The first-order valence-electron chi connectivity index (χ1n) is 12.5. The highest BCUT2D eigenvalue weighted by molar-refractivity contribution is 5.91. The molecule has 1 aliphatic rings. The summed E-state index contributed by atoms with van der Waals surface area (Å²) in [7, 11) is 0. The summed E-state index contributed by atoms with van der Waals surface area (Å²) in [4.78, 5) is 0. The second kappa shape index (κ2) is 8.70. The molecule has 1 heteroatoms. The van der Waals surface area contributed by atoms with Gasteiger partial charge in [-0.2, -0.15) is 0 Å². The third kappa shape index (κ3) is 3.65. The number of hydrogen-bond acceptors (Lipinski definition) is 1. The van der Waals surface area contributed by atoms with Crippen molar-refractivity contribution in [3.05, 3.63) is 139 Å². The predicted octanol–water partition coefficient (Wildman–Crippen LogP) is 9.71. The molecule has 0 atom stereocenters. The number of benzene rings is 5. The van der Waals surface area contributed by atoms with Crippen LogP contribution in [0.1, 0.15) is 30.5 Å². The number of anilines is 2. The van der Waals surface area contributed by atoms with Crippen molar-refractivity contribution < 1.29 is 0 Å². The van der Waals surface area contributed by atoms with Gasteiger partial charge in [0.1, 0.15) is 0 Å². The van der Waals surface area contributed by atoms with Gasteiger partial charge in [-0.15, -0.1) is 0 Å². The zero-order valence-electron chi connectivity index (χ0n) is 20.8. The molecule has 1 N–H and O–H groups in total. The van der Waals surface area contributed by atoms with Gasteiger partial charge in [0.2, 0.25) is 0 Å². The quantitative estimate of drug-likeness (QED) is 0.273. The first kappa shape index (κ1) is 22.1. The molecular formula is C35H29N. The van der Waals surface area contributed by atoms with Gasteiger partial charge in [-0.1, -0.05) is 111 Å². The van der Waals surface area contributed by atoms with Gasteiger partial charge in [-0.05, 0) is 74.8 Å². The van der Waals surface area contributed by atoms with E-state index in [0.717, 1.165) is 16.9 Å². The van der Waals surface area contributed by atoms with E-state index in [-0.39, 0.29) is 5.41 Å². The second-order valence-corrected chi connectivity index (χ2v) is 9.98. The Morgan fingerprint density at radius 1 is 0.611 bits per heavy atom. The van der Waals surface area contributed by atoms with Crippen LogP contribution in [0.2, 0.25) is 0 Å². The Bertz CT molecular complexity index is 1580. The van der Waals surface area contributed by atoms with Crippen molar-refractivity contribution in [2.45, 2.75) is 19.3 Å². The van der Waals surface area contributed by atoms with Gasteiger partial charge in [0.15, 0.2) is 0 Å². The van der Waals surface area contributed by atoms with E-state index in [1.54, 1.807) is 0 Å². The summed E-state index contributed by atoms with van der Waals surface area (Å²) >= 11 is 0. The molecule has 0 saturated carbocycles. The molecule has 6 rings (SSSR count). The first-order chi connectivity index (χ1) is 17.6. The van der Waals surface area contributed by atoms with Crippen LogP contribution in [0, 0.1) is 0 Å². The number of rotatable bonds is 5. The van der Waals surface area contributed by atoms with Crippen LogP contribution in [-0.2, 0) is 5.41 Å². The maximum Gasteiger partial charge on any atom is 0.0463 e. The van der Waals surface area contributed by atoms with Gasteiger partial charge in [-0.3, -0.25) is 0 Å². The van der Waals surface area contributed by atoms with Crippen LogP contribution in [0.15, 0.2) is 122 Å². The molecule has 0 saturated heterocycles. The maximum absolute atomic E-state index is 4.07. The summed E-state index contributed by atoms with van der Waals surface area (Å²) in [5.74, 6) is 0. The average Bonchev–Trinajstić information content (AvgIpc) is 3.15. The molecule has 0 fully saturated rings. The lowest BCUT2D eigenvalue weighted by molar-refractivity contribution is 0.662. The minimum absolute atomic E-state index is 0.133. The molecule has 1 nitrogen and oxygen atoms in total. The Morgan fingerprint density at radius 2 is 1.22 bits per heavy atom. The third-order valence-electron chi connectivity index (χ3n) is 7.38. The highest BCUT2D eigenvalue weighted by Gasteiger charge is 2.38. The van der Waals surface area contributed by atoms with Crippen molar-refractivity contribution in [2.75, 3.05) is 5.32 Å². The fraction of sp³-hybridized carbons (Fsp3) is 0.0857. The van der Waals surface area contributed by atoms with E-state index in [9.17, 15) is 0 Å². The molecule has 174 valence electrons. The zero-order valence-corrected chi connectivity index (χ0v) is 20.8. The zero-order chi connectivity index (χ0) is 24.7. The fourth-order valence-corrected chi connectivity index (χ4v) is 5.64. The first-order valence-corrected chi connectivity index (χ1v) is 12.5. The highest BCUT2D eigenvalue weighted by atomic mass is 14.9. The number of para-hydroxylation sites is 1. The van der Waals surface area contributed by atoms with Crippen molar-refractivity contribution in [3.63, 3.8) is 0 Å². The Morgan fingerprint density at radius 3 is 1.92 bits per heavy atom. The molecule has 5 aromatic carbocycles. The standard InChI is InChI=1S/C35H29N/c1-4-24-21-30(26-15-9-6-10-16-26)34-31(22-24)29-20-19-27(23-32(29)35(34,2)3)36-33-18-12-11-17-28(33)25-13-7-5-8-14-25/h4-23,36H,1H2,2-3H3. The van der Waals surface area contributed by atoms with Gasteiger partial charge in [-0.25, -0.2) is 0 Å². The molecule has 0 bridgehead atoms. The summed E-state index contributed by atoms with van der Waals surface area (Å²) in [6.45, 7) is 8.76. The Labute approximate surface area is 213 Å². The van der Waals surface area contributed by atoms with E-state index in [2.05, 4.69) is 141 Å². The third-order valence-corrected chi connectivity index (χ3v) is 7.38. The molecule has 0 aliphatic heterocycles. The fourth-order valence-electron chi connectivity index (χ4n) is 5.64. The van der Waals surface area contributed by atoms with Crippen LogP contribution in [0.4, 0.5) is 11.4 Å². The molecule has 0 radical (unpaired) electrons. The lowest BCUT2D eigenvalue weighted by Crippen LogP contribution is -2.16. The van der Waals surface area contributed by atoms with Crippen molar-refractivity contribution in [3.8, 4) is 33.4 Å². The topological polar surface area (TPSA) is 12.0 Å². The molecule has 0 unspecified atom stereocenters.